The second-order valence-corrected chi connectivity index (χ2v) is 3.98. The van der Waals surface area contributed by atoms with Crippen LogP contribution in [-0.4, -0.2) is 9.97 Å². The summed E-state index contributed by atoms with van der Waals surface area (Å²) in [6.45, 7) is 4.31. The molecule has 0 atom stereocenters. The Morgan fingerprint density at radius 1 is 1.07 bits per heavy atom. The van der Waals surface area contributed by atoms with Crippen molar-refractivity contribution in [2.24, 2.45) is 0 Å². The number of hydrogen-bond donors (Lipinski definition) is 1. The molecule has 0 saturated heterocycles. The number of aromatic nitrogens is 2. The summed E-state index contributed by atoms with van der Waals surface area (Å²) in [6, 6.07) is 6.31. The molecule has 2 heteroatoms. The van der Waals surface area contributed by atoms with Crippen LogP contribution in [0.25, 0.3) is 21.8 Å². The predicted molar refractivity (Wildman–Crippen MR) is 63.1 cm³/mol. The van der Waals surface area contributed by atoms with Gasteiger partial charge in [0.1, 0.15) is 0 Å². The minimum absolute atomic E-state index is 1.16. The maximum absolute atomic E-state index is 4.19. The van der Waals surface area contributed by atoms with E-state index in [1.54, 1.807) is 0 Å². The molecule has 0 aliphatic rings. The second kappa shape index (κ2) is 2.83. The number of pyridine rings is 1. The molecule has 15 heavy (non-hydrogen) atoms. The van der Waals surface area contributed by atoms with Crippen LogP contribution >= 0.6 is 0 Å². The largest absolute Gasteiger partial charge is 0.354 e. The van der Waals surface area contributed by atoms with Gasteiger partial charge in [-0.2, -0.15) is 0 Å². The van der Waals surface area contributed by atoms with E-state index in [2.05, 4.69) is 35.9 Å². The standard InChI is InChI=1S/C13H12N2/c1-8-3-4-12-13(9(8)2)10-7-14-6-5-11(10)15-12/h3-7,15H,1-2H3. The topological polar surface area (TPSA) is 28.7 Å². The first-order chi connectivity index (χ1) is 7.27. The van der Waals surface area contributed by atoms with Crippen LogP contribution < -0.4 is 0 Å². The maximum Gasteiger partial charge on any atom is 0.0496 e. The summed E-state index contributed by atoms with van der Waals surface area (Å²) in [5.41, 5.74) is 5.02. The molecule has 2 nitrogen and oxygen atoms in total. The molecule has 3 aromatic rings. The van der Waals surface area contributed by atoms with Crippen molar-refractivity contribution in [1.29, 1.82) is 0 Å². The third-order valence-electron chi connectivity index (χ3n) is 3.10. The van der Waals surface area contributed by atoms with Crippen molar-refractivity contribution in [3.05, 3.63) is 41.7 Å². The fourth-order valence-electron chi connectivity index (χ4n) is 2.11. The minimum Gasteiger partial charge on any atom is -0.354 e. The van der Waals surface area contributed by atoms with Crippen molar-refractivity contribution in [3.8, 4) is 0 Å². The minimum atomic E-state index is 1.16. The van der Waals surface area contributed by atoms with Gasteiger partial charge in [-0.05, 0) is 37.1 Å². The molecule has 0 bridgehead atoms. The van der Waals surface area contributed by atoms with Gasteiger partial charge in [0.2, 0.25) is 0 Å². The first kappa shape index (κ1) is 8.48. The van der Waals surface area contributed by atoms with Crippen molar-refractivity contribution >= 4 is 21.8 Å². The predicted octanol–water partition coefficient (Wildman–Crippen LogP) is 3.33. The van der Waals surface area contributed by atoms with E-state index in [-0.39, 0.29) is 0 Å². The highest BCUT2D eigenvalue weighted by Crippen LogP contribution is 2.28. The average Bonchev–Trinajstić information content (AvgIpc) is 2.62. The molecule has 0 saturated carbocycles. The molecule has 0 radical (unpaired) electrons. The molecule has 3 rings (SSSR count). The van der Waals surface area contributed by atoms with Crippen LogP contribution in [0.15, 0.2) is 30.6 Å². The summed E-state index contributed by atoms with van der Waals surface area (Å²) < 4.78 is 0. The summed E-state index contributed by atoms with van der Waals surface area (Å²) in [4.78, 5) is 7.59. The summed E-state index contributed by atoms with van der Waals surface area (Å²) in [6.07, 6.45) is 3.75. The first-order valence-corrected chi connectivity index (χ1v) is 5.09. The number of aromatic amines is 1. The molecular formula is C13H12N2. The molecule has 0 amide bonds. The highest BCUT2D eigenvalue weighted by molar-refractivity contribution is 6.08. The lowest BCUT2D eigenvalue weighted by Gasteiger charge is -2.00. The zero-order valence-electron chi connectivity index (χ0n) is 8.83. The molecule has 74 valence electrons. The third kappa shape index (κ3) is 1.08. The average molecular weight is 196 g/mol. The van der Waals surface area contributed by atoms with Crippen molar-refractivity contribution < 1.29 is 0 Å². The van der Waals surface area contributed by atoms with E-state index in [9.17, 15) is 0 Å². The van der Waals surface area contributed by atoms with E-state index in [1.165, 1.54) is 27.4 Å². The molecule has 1 aromatic carbocycles. The number of aryl methyl sites for hydroxylation is 2. The van der Waals surface area contributed by atoms with Gasteiger partial charge in [0, 0.05) is 34.2 Å². The lowest BCUT2D eigenvalue weighted by Crippen LogP contribution is -1.81. The fraction of sp³-hybridized carbons (Fsp3) is 0.154. The Bertz CT molecular complexity index is 650. The number of H-pyrrole nitrogens is 1. The maximum atomic E-state index is 4.19. The third-order valence-corrected chi connectivity index (χ3v) is 3.10. The second-order valence-electron chi connectivity index (χ2n) is 3.98. The van der Waals surface area contributed by atoms with Crippen LogP contribution in [-0.2, 0) is 0 Å². The van der Waals surface area contributed by atoms with Crippen molar-refractivity contribution in [1.82, 2.24) is 9.97 Å². The summed E-state index contributed by atoms with van der Waals surface area (Å²) in [7, 11) is 0. The highest BCUT2D eigenvalue weighted by atomic mass is 14.7. The molecule has 1 N–H and O–H groups in total. The van der Waals surface area contributed by atoms with Gasteiger partial charge in [-0.25, -0.2) is 0 Å². The van der Waals surface area contributed by atoms with Crippen LogP contribution in [0.4, 0.5) is 0 Å². The van der Waals surface area contributed by atoms with E-state index >= 15 is 0 Å². The number of hydrogen-bond acceptors (Lipinski definition) is 1. The monoisotopic (exact) mass is 196 g/mol. The van der Waals surface area contributed by atoms with Crippen LogP contribution in [0.1, 0.15) is 11.1 Å². The van der Waals surface area contributed by atoms with Crippen LogP contribution in [0.2, 0.25) is 0 Å². The Labute approximate surface area is 88.0 Å². The number of fused-ring (bicyclic) bond motifs is 3. The fourth-order valence-corrected chi connectivity index (χ4v) is 2.11. The molecule has 2 heterocycles. The van der Waals surface area contributed by atoms with Crippen molar-refractivity contribution in [3.63, 3.8) is 0 Å². The Morgan fingerprint density at radius 3 is 2.80 bits per heavy atom. The molecule has 0 aliphatic heterocycles. The van der Waals surface area contributed by atoms with E-state index < -0.39 is 0 Å². The van der Waals surface area contributed by atoms with Gasteiger partial charge >= 0.3 is 0 Å². The Hall–Kier alpha value is -1.83. The highest BCUT2D eigenvalue weighted by Gasteiger charge is 2.07. The van der Waals surface area contributed by atoms with Gasteiger partial charge in [-0.15, -0.1) is 0 Å². The quantitative estimate of drug-likeness (QED) is 0.587. The smallest absolute Gasteiger partial charge is 0.0496 e. The molecular weight excluding hydrogens is 184 g/mol. The Morgan fingerprint density at radius 2 is 1.93 bits per heavy atom. The lowest BCUT2D eigenvalue weighted by molar-refractivity contribution is 1.36. The summed E-state index contributed by atoms with van der Waals surface area (Å²) in [5, 5.41) is 2.52. The molecule has 0 fully saturated rings. The number of nitrogens with zero attached hydrogens (tertiary/aromatic N) is 1. The number of rotatable bonds is 0. The van der Waals surface area contributed by atoms with Crippen LogP contribution in [0.5, 0.6) is 0 Å². The van der Waals surface area contributed by atoms with Gasteiger partial charge < -0.3 is 4.98 Å². The normalized spacial score (nSPS) is 11.3. The van der Waals surface area contributed by atoms with E-state index in [0.29, 0.717) is 0 Å². The Balaban J connectivity index is 2.63. The van der Waals surface area contributed by atoms with Crippen molar-refractivity contribution in [2.75, 3.05) is 0 Å². The van der Waals surface area contributed by atoms with E-state index in [0.717, 1.165) is 5.52 Å². The lowest BCUT2D eigenvalue weighted by atomic mass is 10.0. The number of nitrogens with one attached hydrogen (secondary N) is 1. The van der Waals surface area contributed by atoms with Crippen LogP contribution in [0, 0.1) is 13.8 Å². The van der Waals surface area contributed by atoms with E-state index in [1.807, 2.05) is 18.5 Å². The first-order valence-electron chi connectivity index (χ1n) is 5.09. The molecule has 0 unspecified atom stereocenters. The Kier molecular flexibility index (Phi) is 1.60. The van der Waals surface area contributed by atoms with Gasteiger partial charge in [-0.1, -0.05) is 6.07 Å². The van der Waals surface area contributed by atoms with Gasteiger partial charge in [0.15, 0.2) is 0 Å². The van der Waals surface area contributed by atoms with Crippen molar-refractivity contribution in [2.45, 2.75) is 13.8 Å². The number of benzene rings is 1. The SMILES string of the molecule is Cc1ccc2[nH]c3ccncc3c2c1C. The molecule has 2 aromatic heterocycles. The van der Waals surface area contributed by atoms with Gasteiger partial charge in [-0.3, -0.25) is 4.98 Å². The van der Waals surface area contributed by atoms with Gasteiger partial charge in [0.25, 0.3) is 0 Å². The zero-order valence-corrected chi connectivity index (χ0v) is 8.83. The molecule has 0 spiro atoms. The van der Waals surface area contributed by atoms with Gasteiger partial charge in [0.05, 0.1) is 0 Å². The van der Waals surface area contributed by atoms with Crippen LogP contribution in [0.3, 0.4) is 0 Å². The zero-order chi connectivity index (χ0) is 10.4. The van der Waals surface area contributed by atoms with E-state index in [4.69, 9.17) is 0 Å². The summed E-state index contributed by atoms with van der Waals surface area (Å²) in [5.74, 6) is 0. The molecule has 0 aliphatic carbocycles. The summed E-state index contributed by atoms with van der Waals surface area (Å²) >= 11 is 0.